The Morgan fingerprint density at radius 2 is 2.00 bits per heavy atom. The number of pyridine rings is 1. The number of aryl methyl sites for hydroxylation is 1. The molecule has 0 aliphatic heterocycles. The van der Waals surface area contributed by atoms with Crippen molar-refractivity contribution in [3.8, 4) is 0 Å². The van der Waals surface area contributed by atoms with Crippen LogP contribution in [0.5, 0.6) is 0 Å². The molecule has 1 aromatic carbocycles. The average Bonchev–Trinajstić information content (AvgIpc) is 3.10. The van der Waals surface area contributed by atoms with Crippen molar-refractivity contribution in [1.29, 1.82) is 0 Å². The lowest BCUT2D eigenvalue weighted by Gasteiger charge is -2.12. The van der Waals surface area contributed by atoms with E-state index in [4.69, 9.17) is 14.7 Å². The van der Waals surface area contributed by atoms with Crippen LogP contribution in [0.1, 0.15) is 11.3 Å². The van der Waals surface area contributed by atoms with Gasteiger partial charge in [-0.25, -0.2) is 9.97 Å². The van der Waals surface area contributed by atoms with Crippen LogP contribution < -0.4 is 5.56 Å². The molecule has 7 heteroatoms. The summed E-state index contributed by atoms with van der Waals surface area (Å²) in [4.78, 5) is 22.3. The number of hydrogen-bond donors (Lipinski definition) is 0. The summed E-state index contributed by atoms with van der Waals surface area (Å²) in [6, 6.07) is 11.5. The molecule has 3 aromatic heterocycles. The molecule has 27 heavy (non-hydrogen) atoms. The first-order chi connectivity index (χ1) is 13.2. The van der Waals surface area contributed by atoms with Crippen LogP contribution >= 0.6 is 11.8 Å². The zero-order chi connectivity index (χ0) is 18.8. The van der Waals surface area contributed by atoms with Gasteiger partial charge in [-0.1, -0.05) is 30.0 Å². The minimum atomic E-state index is -0.0361. The van der Waals surface area contributed by atoms with Crippen molar-refractivity contribution in [2.75, 3.05) is 13.7 Å². The molecule has 4 rings (SSSR count). The lowest BCUT2D eigenvalue weighted by molar-refractivity contribution is 0.183. The van der Waals surface area contributed by atoms with Crippen molar-refractivity contribution in [2.24, 2.45) is 0 Å². The number of aromatic nitrogens is 4. The van der Waals surface area contributed by atoms with E-state index in [-0.39, 0.29) is 5.56 Å². The largest absolute Gasteiger partial charge is 0.383 e. The Bertz CT molecular complexity index is 1170. The van der Waals surface area contributed by atoms with E-state index in [0.717, 1.165) is 16.9 Å². The summed E-state index contributed by atoms with van der Waals surface area (Å²) in [5, 5.41) is 1.31. The van der Waals surface area contributed by atoms with Crippen molar-refractivity contribution in [1.82, 2.24) is 18.9 Å². The van der Waals surface area contributed by atoms with Crippen LogP contribution in [0.15, 0.2) is 58.7 Å². The normalized spacial score (nSPS) is 11.5. The van der Waals surface area contributed by atoms with Crippen molar-refractivity contribution in [3.05, 3.63) is 70.4 Å². The van der Waals surface area contributed by atoms with Gasteiger partial charge in [0, 0.05) is 25.3 Å². The van der Waals surface area contributed by atoms with E-state index in [9.17, 15) is 4.79 Å². The fourth-order valence-electron chi connectivity index (χ4n) is 3.05. The van der Waals surface area contributed by atoms with E-state index >= 15 is 0 Å². The molecule has 0 bridgehead atoms. The highest BCUT2D eigenvalue weighted by atomic mass is 32.2. The van der Waals surface area contributed by atoms with Gasteiger partial charge < -0.3 is 9.14 Å². The Balaban J connectivity index is 1.69. The van der Waals surface area contributed by atoms with Crippen molar-refractivity contribution in [2.45, 2.75) is 24.4 Å². The second-order valence-electron chi connectivity index (χ2n) is 6.30. The molecule has 0 aliphatic rings. The first-order valence-electron chi connectivity index (χ1n) is 8.72. The molecule has 0 saturated carbocycles. The highest BCUT2D eigenvalue weighted by Crippen LogP contribution is 2.22. The summed E-state index contributed by atoms with van der Waals surface area (Å²) in [7, 11) is 1.63. The van der Waals surface area contributed by atoms with Gasteiger partial charge in [0.15, 0.2) is 5.16 Å². The highest BCUT2D eigenvalue weighted by Gasteiger charge is 2.12. The maximum atomic E-state index is 12.9. The molecule has 0 radical (unpaired) electrons. The van der Waals surface area contributed by atoms with Crippen LogP contribution in [0.3, 0.4) is 0 Å². The van der Waals surface area contributed by atoms with Crippen LogP contribution in [-0.2, 0) is 17.0 Å². The second kappa shape index (κ2) is 7.54. The maximum Gasteiger partial charge on any atom is 0.262 e. The zero-order valence-corrected chi connectivity index (χ0v) is 16.1. The Hall–Kier alpha value is -2.64. The van der Waals surface area contributed by atoms with E-state index < -0.39 is 0 Å². The Morgan fingerprint density at radius 1 is 1.15 bits per heavy atom. The molecule has 0 spiro atoms. The monoisotopic (exact) mass is 380 g/mol. The van der Waals surface area contributed by atoms with Crippen LogP contribution in [0.25, 0.3) is 16.6 Å². The molecule has 0 aliphatic carbocycles. The predicted molar refractivity (Wildman–Crippen MR) is 107 cm³/mol. The van der Waals surface area contributed by atoms with Crippen LogP contribution in [0, 0.1) is 6.92 Å². The molecule has 0 fully saturated rings. The lowest BCUT2D eigenvalue weighted by Crippen LogP contribution is -2.25. The van der Waals surface area contributed by atoms with E-state index in [1.165, 1.54) is 11.8 Å². The third-order valence-corrected chi connectivity index (χ3v) is 5.43. The van der Waals surface area contributed by atoms with Crippen LogP contribution in [-0.4, -0.2) is 32.7 Å². The van der Waals surface area contributed by atoms with Crippen LogP contribution in [0.4, 0.5) is 0 Å². The fourth-order valence-corrected chi connectivity index (χ4v) is 3.96. The van der Waals surface area contributed by atoms with Crippen molar-refractivity contribution in [3.63, 3.8) is 0 Å². The number of thioether (sulfide) groups is 1. The van der Waals surface area contributed by atoms with Gasteiger partial charge in [0.1, 0.15) is 5.65 Å². The molecule has 0 N–H and O–H groups in total. The van der Waals surface area contributed by atoms with Gasteiger partial charge in [0.2, 0.25) is 0 Å². The number of benzene rings is 1. The molecule has 0 amide bonds. The summed E-state index contributed by atoms with van der Waals surface area (Å²) in [5.74, 6) is 0.638. The van der Waals surface area contributed by atoms with E-state index in [2.05, 4.69) is 0 Å². The standard InChI is InChI=1S/C20H20N4O2S/c1-14-6-5-9-23-12-15(21-18(14)23)13-27-20-22-17-8-4-3-7-16(17)19(25)24(20)10-11-26-2/h3-9,12H,10-11,13H2,1-2H3. The molecule has 3 heterocycles. The van der Waals surface area contributed by atoms with Gasteiger partial charge in [-0.2, -0.15) is 0 Å². The summed E-state index contributed by atoms with van der Waals surface area (Å²) >= 11 is 1.52. The van der Waals surface area contributed by atoms with Crippen LogP contribution in [0.2, 0.25) is 0 Å². The molecule has 138 valence electrons. The second-order valence-corrected chi connectivity index (χ2v) is 7.25. The Labute approximate surface area is 160 Å². The number of hydrogen-bond acceptors (Lipinski definition) is 5. The first-order valence-corrected chi connectivity index (χ1v) is 9.70. The van der Waals surface area contributed by atoms with Gasteiger partial charge in [0.25, 0.3) is 5.56 Å². The van der Waals surface area contributed by atoms with Gasteiger partial charge in [-0.05, 0) is 30.7 Å². The van der Waals surface area contributed by atoms with Crippen molar-refractivity contribution < 1.29 is 4.74 Å². The number of ether oxygens (including phenoxy) is 1. The minimum Gasteiger partial charge on any atom is -0.383 e. The molecule has 0 atom stereocenters. The van der Waals surface area contributed by atoms with Crippen molar-refractivity contribution >= 4 is 28.3 Å². The average molecular weight is 380 g/mol. The maximum absolute atomic E-state index is 12.9. The number of para-hydroxylation sites is 1. The molecular formula is C20H20N4O2S. The third kappa shape index (κ3) is 3.48. The highest BCUT2D eigenvalue weighted by molar-refractivity contribution is 7.98. The molecule has 0 unspecified atom stereocenters. The number of fused-ring (bicyclic) bond motifs is 2. The SMILES string of the molecule is COCCn1c(SCc2cn3cccc(C)c3n2)nc2ccccc2c1=O. The minimum absolute atomic E-state index is 0.0361. The zero-order valence-electron chi connectivity index (χ0n) is 15.3. The van der Waals surface area contributed by atoms with E-state index in [0.29, 0.717) is 35.0 Å². The van der Waals surface area contributed by atoms with Gasteiger partial charge in [-0.15, -0.1) is 0 Å². The van der Waals surface area contributed by atoms with Gasteiger partial charge >= 0.3 is 0 Å². The Morgan fingerprint density at radius 3 is 2.81 bits per heavy atom. The third-order valence-electron chi connectivity index (χ3n) is 4.42. The number of rotatable bonds is 6. The lowest BCUT2D eigenvalue weighted by atomic mass is 10.2. The van der Waals surface area contributed by atoms with Gasteiger partial charge in [-0.3, -0.25) is 9.36 Å². The Kier molecular flexibility index (Phi) is 4.96. The fraction of sp³-hybridized carbons (Fsp3) is 0.250. The molecule has 4 aromatic rings. The topological polar surface area (TPSA) is 61.4 Å². The summed E-state index contributed by atoms with van der Waals surface area (Å²) in [6.07, 6.45) is 4.01. The summed E-state index contributed by atoms with van der Waals surface area (Å²) < 4.78 is 8.89. The first kappa shape index (κ1) is 17.8. The summed E-state index contributed by atoms with van der Waals surface area (Å²) in [6.45, 7) is 2.98. The van der Waals surface area contributed by atoms with Gasteiger partial charge in [0.05, 0.1) is 29.7 Å². The molecule has 0 saturated heterocycles. The quantitative estimate of drug-likeness (QED) is 0.379. The van der Waals surface area contributed by atoms with E-state index in [1.807, 2.05) is 60.1 Å². The molecule has 6 nitrogen and oxygen atoms in total. The number of imidazole rings is 1. The summed E-state index contributed by atoms with van der Waals surface area (Å²) in [5.41, 5.74) is 3.72. The smallest absolute Gasteiger partial charge is 0.262 e. The number of nitrogens with zero attached hydrogens (tertiary/aromatic N) is 4. The predicted octanol–water partition coefficient (Wildman–Crippen LogP) is 3.29. The molecular weight excluding hydrogens is 360 g/mol. The number of methoxy groups -OCH3 is 1. The van der Waals surface area contributed by atoms with E-state index in [1.54, 1.807) is 11.7 Å².